The standard InChI is InChI=1S/C150H102/c1-91-7-19-97(20-8-91)103-31-51-113(52-32-103)125-75-73-123-71-72-124-74-76-126(128-78-77-127(125)145(123)146(124)128)114-53-33-109(34-54-114)110-45-65-120(66-46-110)143-90-144(136-86-83-132-140(118-61-41-107(42-62-118)101-27-15-95(5)16-28-101)88-139(131-82-85-135(143)150(136)148(131)132)117-59-39-106(40-60-117)100-25-13-94(4)14-26-100)122-69-49-112(50-70-122)111-47-67-121(68-48-111)142-89-141(119-63-43-108(44-64-119)102-29-17-96(6)18-30-102)133-80-79-129-137(115-55-35-104(36-56-115)98-21-9-92(2)10-22-98)87-138(130-81-84-134(142)149(133)147(129)130)116-57-37-105(38-58-116)99-23-11-93(3)12-24-99/h7-90H,1-6H3. The minimum atomic E-state index is 1.15. The van der Waals surface area contributed by atoms with E-state index in [1.807, 2.05) is 0 Å². The van der Waals surface area contributed by atoms with Crippen LogP contribution in [0, 0.1) is 41.5 Å². The van der Waals surface area contributed by atoms with Gasteiger partial charge in [0.2, 0.25) is 0 Å². The Labute approximate surface area is 875 Å². The largest absolute Gasteiger partial charge is 0.0587 e. The zero-order valence-electron chi connectivity index (χ0n) is 84.5. The second kappa shape index (κ2) is 36.2. The first-order valence-electron chi connectivity index (χ1n) is 52.5. The quantitative estimate of drug-likeness (QED) is 0.0751. The van der Waals surface area contributed by atoms with E-state index in [-0.39, 0.29) is 0 Å². The molecule has 702 valence electrons. The maximum absolute atomic E-state index is 2.49. The molecule has 0 N–H and O–H groups in total. The van der Waals surface area contributed by atoms with Gasteiger partial charge >= 0.3 is 0 Å². The van der Waals surface area contributed by atoms with Crippen molar-refractivity contribution in [1.29, 1.82) is 0 Å². The Balaban J connectivity index is 0.568. The number of rotatable bonds is 18. The Kier molecular flexibility index (Phi) is 21.5. The zero-order chi connectivity index (χ0) is 100. The molecule has 0 heterocycles. The van der Waals surface area contributed by atoms with Crippen LogP contribution in [-0.2, 0) is 0 Å². The van der Waals surface area contributed by atoms with E-state index in [1.54, 1.807) is 0 Å². The lowest BCUT2D eigenvalue weighted by Gasteiger charge is -2.22. The summed E-state index contributed by atoms with van der Waals surface area (Å²) in [6, 6.07) is 194. The van der Waals surface area contributed by atoms with Gasteiger partial charge in [0.1, 0.15) is 0 Å². The SMILES string of the molecule is Cc1ccc(-c2ccc(-c3ccc4ccc5ccc(-c6ccc(-c7ccc(-c8cc(-c9ccc(-c%10ccc(-c%11cc(-c%12ccc(-c%13ccc(C)cc%13)cc%12)c%12ccc%13c(-c%14ccc(-c%15ccc(C)cc%15)cc%14)cc(-c%14ccc(-c%15ccc(C)cc%15)cc%14)c%14ccc%11c%12c%13%14)cc%10)cc9)c9ccc%10c(-c%11ccc(-c%12ccc(C)cc%12)cc%11)cc(-c%11ccc(-c%12ccc(C)cc%12)cc%11)c%11ccc8c9c%11%10)cc7)cc6)c6ccc3c4c56)cc2)cc1. The van der Waals surface area contributed by atoms with Crippen LogP contribution < -0.4 is 0 Å². The fraction of sp³-hybridized carbons (Fsp3) is 0.0400. The van der Waals surface area contributed by atoms with Crippen LogP contribution in [0.2, 0.25) is 0 Å². The predicted octanol–water partition coefficient (Wildman–Crippen LogP) is 42.2. The first-order chi connectivity index (χ1) is 73.7. The Morgan fingerprint density at radius 2 is 0.180 bits per heavy atom. The van der Waals surface area contributed by atoms with E-state index in [0.717, 1.165) is 33.4 Å². The van der Waals surface area contributed by atoms with E-state index in [9.17, 15) is 0 Å². The molecule has 0 unspecified atom stereocenters. The van der Waals surface area contributed by atoms with Crippen LogP contribution in [0.4, 0.5) is 0 Å². The van der Waals surface area contributed by atoms with Gasteiger partial charge < -0.3 is 0 Å². The Morgan fingerprint density at radius 3 is 0.313 bits per heavy atom. The van der Waals surface area contributed by atoms with Crippen molar-refractivity contribution in [2.75, 3.05) is 0 Å². The van der Waals surface area contributed by atoms with E-state index >= 15 is 0 Å². The van der Waals surface area contributed by atoms with Crippen molar-refractivity contribution >= 4 is 97.0 Å². The van der Waals surface area contributed by atoms with Gasteiger partial charge in [-0.15, -0.1) is 0 Å². The minimum Gasteiger partial charge on any atom is -0.0587 e. The molecule has 0 heteroatoms. The molecule has 0 fully saturated rings. The van der Waals surface area contributed by atoms with Gasteiger partial charge in [-0.2, -0.15) is 0 Å². The first-order valence-corrected chi connectivity index (χ1v) is 52.5. The lowest BCUT2D eigenvalue weighted by Crippen LogP contribution is -1.95. The molecule has 0 radical (unpaired) electrons. The number of hydrogen-bond donors (Lipinski definition) is 0. The fourth-order valence-electron chi connectivity index (χ4n) is 24.1. The topological polar surface area (TPSA) is 0 Å². The van der Waals surface area contributed by atoms with Gasteiger partial charge in [-0.25, -0.2) is 0 Å². The van der Waals surface area contributed by atoms with E-state index in [2.05, 4.69) is 551 Å². The molecule has 28 aromatic rings. The molecule has 0 aromatic heterocycles. The average molecular weight is 1900 g/mol. The highest BCUT2D eigenvalue weighted by Gasteiger charge is 2.27. The van der Waals surface area contributed by atoms with Crippen LogP contribution in [0.1, 0.15) is 33.4 Å². The summed E-state index contributed by atoms with van der Waals surface area (Å²) in [6.07, 6.45) is 0. The third kappa shape index (κ3) is 15.6. The molecule has 0 nitrogen and oxygen atoms in total. The molecular formula is C150H102. The van der Waals surface area contributed by atoms with Crippen LogP contribution in [0.25, 0.3) is 297 Å². The molecule has 0 saturated heterocycles. The molecule has 0 aliphatic carbocycles. The van der Waals surface area contributed by atoms with Gasteiger partial charge in [-0.3, -0.25) is 0 Å². The molecule has 0 aliphatic rings. The maximum atomic E-state index is 2.49. The van der Waals surface area contributed by atoms with Gasteiger partial charge in [-0.1, -0.05) is 519 Å². The van der Waals surface area contributed by atoms with Gasteiger partial charge in [0.05, 0.1) is 0 Å². The number of aryl methyl sites for hydroxylation is 6. The zero-order valence-corrected chi connectivity index (χ0v) is 84.5. The molecule has 0 bridgehead atoms. The van der Waals surface area contributed by atoms with Crippen molar-refractivity contribution in [3.63, 3.8) is 0 Å². The minimum absolute atomic E-state index is 1.15. The molecule has 28 rings (SSSR count). The Morgan fingerprint density at radius 1 is 0.0800 bits per heavy atom. The van der Waals surface area contributed by atoms with Crippen molar-refractivity contribution in [3.8, 4) is 200 Å². The number of benzene rings is 28. The third-order valence-corrected chi connectivity index (χ3v) is 32.4. The summed E-state index contributed by atoms with van der Waals surface area (Å²) in [5, 5.41) is 22.5. The van der Waals surface area contributed by atoms with Crippen molar-refractivity contribution < 1.29 is 0 Å². The van der Waals surface area contributed by atoms with Crippen LogP contribution in [0.15, 0.2) is 510 Å². The van der Waals surface area contributed by atoms with Crippen LogP contribution in [0.3, 0.4) is 0 Å². The van der Waals surface area contributed by atoms with Crippen molar-refractivity contribution in [2.24, 2.45) is 0 Å². The Hall–Kier alpha value is -18.7. The molecule has 0 aliphatic heterocycles. The van der Waals surface area contributed by atoms with Crippen LogP contribution >= 0.6 is 0 Å². The highest BCUT2D eigenvalue weighted by atomic mass is 14.3. The van der Waals surface area contributed by atoms with Gasteiger partial charge in [0, 0.05) is 0 Å². The maximum Gasteiger partial charge on any atom is -0.00139 e. The normalized spacial score (nSPS) is 11.8. The second-order valence-electron chi connectivity index (χ2n) is 41.6. The smallest absolute Gasteiger partial charge is 0.00139 e. The molecule has 150 heavy (non-hydrogen) atoms. The highest BCUT2D eigenvalue weighted by molar-refractivity contribution is 6.35. The van der Waals surface area contributed by atoms with Crippen LogP contribution in [0.5, 0.6) is 0 Å². The van der Waals surface area contributed by atoms with Gasteiger partial charge in [0.25, 0.3) is 0 Å². The van der Waals surface area contributed by atoms with E-state index in [4.69, 9.17) is 0 Å². The second-order valence-corrected chi connectivity index (χ2v) is 41.6. The fourth-order valence-corrected chi connectivity index (χ4v) is 24.1. The summed E-state index contributed by atoms with van der Waals surface area (Å²) >= 11 is 0. The monoisotopic (exact) mass is 1900 g/mol. The summed E-state index contributed by atoms with van der Waals surface area (Å²) in [5.74, 6) is 0. The van der Waals surface area contributed by atoms with Crippen molar-refractivity contribution in [1.82, 2.24) is 0 Å². The first kappa shape index (κ1) is 88.9. The van der Waals surface area contributed by atoms with Crippen molar-refractivity contribution in [3.05, 3.63) is 543 Å². The lowest BCUT2D eigenvalue weighted by molar-refractivity contribution is 1.47. The van der Waals surface area contributed by atoms with Gasteiger partial charge in [0.15, 0.2) is 0 Å². The average Bonchev–Trinajstić information content (AvgIpc) is 0.716. The summed E-state index contributed by atoms with van der Waals surface area (Å²) in [7, 11) is 0. The molecule has 0 atom stereocenters. The highest BCUT2D eigenvalue weighted by Crippen LogP contribution is 2.54. The third-order valence-electron chi connectivity index (χ3n) is 32.4. The van der Waals surface area contributed by atoms with Crippen LogP contribution in [-0.4, -0.2) is 0 Å². The molecule has 0 spiro atoms. The summed E-state index contributed by atoms with van der Waals surface area (Å²) in [6.45, 7) is 12.9. The summed E-state index contributed by atoms with van der Waals surface area (Å²) in [5.41, 5.74) is 50.4. The Bertz CT molecular complexity index is 9850. The molecule has 0 amide bonds. The van der Waals surface area contributed by atoms with E-state index in [0.29, 0.717) is 0 Å². The number of hydrogen-bond acceptors (Lipinski definition) is 0. The predicted molar refractivity (Wildman–Crippen MR) is 644 cm³/mol. The molecular weight excluding hydrogens is 1800 g/mol. The lowest BCUT2D eigenvalue weighted by atomic mass is 9.81. The van der Waals surface area contributed by atoms with Crippen molar-refractivity contribution in [2.45, 2.75) is 41.5 Å². The van der Waals surface area contributed by atoms with Gasteiger partial charge in [-0.05, 0) is 363 Å². The summed E-state index contributed by atoms with van der Waals surface area (Å²) in [4.78, 5) is 0. The molecule has 28 aromatic carbocycles. The molecule has 0 saturated carbocycles. The van der Waals surface area contributed by atoms with E-state index < -0.39 is 0 Å². The summed E-state index contributed by atoms with van der Waals surface area (Å²) < 4.78 is 0. The van der Waals surface area contributed by atoms with E-state index in [1.165, 1.54) is 297 Å².